The van der Waals surface area contributed by atoms with Crippen LogP contribution in [0.25, 0.3) is 0 Å². The highest BCUT2D eigenvalue weighted by atomic mass is 32.1. The summed E-state index contributed by atoms with van der Waals surface area (Å²) in [6.07, 6.45) is 1.71. The smallest absolute Gasteiger partial charge is 0.256 e. The second-order valence-electron chi connectivity index (χ2n) is 7.91. The van der Waals surface area contributed by atoms with E-state index in [2.05, 4.69) is 36.6 Å². The van der Waals surface area contributed by atoms with E-state index in [0.29, 0.717) is 41.1 Å². The molecular weight excluding hydrogens is 374 g/mol. The van der Waals surface area contributed by atoms with Crippen LogP contribution in [-0.4, -0.2) is 29.8 Å². The highest BCUT2D eigenvalue weighted by Crippen LogP contribution is 2.38. The molecule has 3 N–H and O–H groups in total. The lowest BCUT2D eigenvalue weighted by molar-refractivity contribution is 0.0963. The molecule has 1 heterocycles. The molecule has 0 radical (unpaired) electrons. The lowest BCUT2D eigenvalue weighted by atomic mass is 9.87. The number of carbonyl (C=O) groups excluding carboxylic acids is 2. The molecule has 0 atom stereocenters. The molecule has 0 aliphatic heterocycles. The van der Waals surface area contributed by atoms with Gasteiger partial charge in [-0.1, -0.05) is 38.1 Å². The fraction of sp³-hybridized carbons (Fsp3) is 0.381. The van der Waals surface area contributed by atoms with Crippen LogP contribution in [0.5, 0.6) is 0 Å². The van der Waals surface area contributed by atoms with Crippen molar-refractivity contribution in [2.24, 2.45) is 5.16 Å². The molecule has 0 saturated carbocycles. The molecule has 7 heteroatoms. The number of amides is 2. The van der Waals surface area contributed by atoms with Crippen molar-refractivity contribution in [2.75, 3.05) is 12.4 Å². The molecule has 1 aromatic heterocycles. The predicted octanol–water partition coefficient (Wildman–Crippen LogP) is 3.98. The van der Waals surface area contributed by atoms with E-state index < -0.39 is 0 Å². The number of rotatable bonds is 3. The fourth-order valence-corrected chi connectivity index (χ4v) is 4.57. The Morgan fingerprint density at radius 1 is 1.11 bits per heavy atom. The van der Waals surface area contributed by atoms with Gasteiger partial charge in [-0.3, -0.25) is 9.59 Å². The van der Waals surface area contributed by atoms with Gasteiger partial charge < -0.3 is 15.8 Å². The summed E-state index contributed by atoms with van der Waals surface area (Å²) in [4.78, 5) is 26.2. The maximum atomic E-state index is 12.8. The first-order chi connectivity index (χ1) is 13.2. The van der Waals surface area contributed by atoms with Crippen molar-refractivity contribution in [1.82, 2.24) is 5.32 Å². The van der Waals surface area contributed by atoms with Crippen LogP contribution in [0.15, 0.2) is 29.4 Å². The van der Waals surface area contributed by atoms with E-state index in [9.17, 15) is 9.59 Å². The highest BCUT2D eigenvalue weighted by Gasteiger charge is 2.28. The van der Waals surface area contributed by atoms with Crippen molar-refractivity contribution in [3.05, 3.63) is 51.4 Å². The van der Waals surface area contributed by atoms with E-state index in [-0.39, 0.29) is 17.2 Å². The van der Waals surface area contributed by atoms with Crippen LogP contribution >= 0.6 is 11.3 Å². The number of thiophene rings is 1. The summed E-state index contributed by atoms with van der Waals surface area (Å²) < 4.78 is 0. The Morgan fingerprint density at radius 3 is 2.36 bits per heavy atom. The molecule has 6 nitrogen and oxygen atoms in total. The zero-order valence-corrected chi connectivity index (χ0v) is 17.4. The van der Waals surface area contributed by atoms with Crippen molar-refractivity contribution in [3.63, 3.8) is 0 Å². The molecule has 0 spiro atoms. The van der Waals surface area contributed by atoms with E-state index in [1.54, 1.807) is 19.2 Å². The van der Waals surface area contributed by atoms with Gasteiger partial charge in [0, 0.05) is 23.9 Å². The maximum Gasteiger partial charge on any atom is 0.256 e. The van der Waals surface area contributed by atoms with E-state index in [1.807, 2.05) is 12.1 Å². The first-order valence-corrected chi connectivity index (χ1v) is 10.0. The topological polar surface area (TPSA) is 90.8 Å². The Hall–Kier alpha value is -2.67. The molecule has 1 aliphatic carbocycles. The minimum atomic E-state index is -0.250. The number of oxime groups is 1. The summed E-state index contributed by atoms with van der Waals surface area (Å²) in [6.45, 7) is 6.37. The molecule has 0 bridgehead atoms. The number of carbonyl (C=O) groups is 2. The quantitative estimate of drug-likeness (QED) is 0.539. The minimum absolute atomic E-state index is 0.0141. The van der Waals surface area contributed by atoms with Crippen LogP contribution in [-0.2, 0) is 18.3 Å². The predicted molar refractivity (Wildman–Crippen MR) is 112 cm³/mol. The van der Waals surface area contributed by atoms with Crippen molar-refractivity contribution in [1.29, 1.82) is 0 Å². The van der Waals surface area contributed by atoms with E-state index in [4.69, 9.17) is 5.21 Å². The Balaban J connectivity index is 1.90. The molecular formula is C21H25N3O3S. The Morgan fingerprint density at radius 2 is 1.79 bits per heavy atom. The number of nitrogens with zero attached hydrogens (tertiary/aromatic N) is 1. The molecule has 0 fully saturated rings. The largest absolute Gasteiger partial charge is 0.411 e. The number of hydrogen-bond donors (Lipinski definition) is 3. The second-order valence-corrected chi connectivity index (χ2v) is 9.02. The van der Waals surface area contributed by atoms with Gasteiger partial charge in [0.1, 0.15) is 5.00 Å². The first-order valence-electron chi connectivity index (χ1n) is 9.23. The van der Waals surface area contributed by atoms with Gasteiger partial charge in [0.2, 0.25) is 0 Å². The van der Waals surface area contributed by atoms with E-state index >= 15 is 0 Å². The summed E-state index contributed by atoms with van der Waals surface area (Å²) in [5, 5.41) is 18.5. The molecule has 148 valence electrons. The molecule has 0 saturated heterocycles. The summed E-state index contributed by atoms with van der Waals surface area (Å²) in [6, 6.07) is 7.52. The Bertz CT molecular complexity index is 937. The number of hydrogen-bond acceptors (Lipinski definition) is 5. The average molecular weight is 400 g/mol. The highest BCUT2D eigenvalue weighted by molar-refractivity contribution is 7.17. The number of fused-ring (bicyclic) bond motifs is 1. The molecule has 28 heavy (non-hydrogen) atoms. The molecule has 2 aromatic rings. The van der Waals surface area contributed by atoms with E-state index in [0.717, 1.165) is 16.0 Å². The first kappa shape index (κ1) is 20.1. The third-order valence-corrected chi connectivity index (χ3v) is 6.10. The van der Waals surface area contributed by atoms with Gasteiger partial charge in [0.05, 0.1) is 11.3 Å². The van der Waals surface area contributed by atoms with Gasteiger partial charge in [-0.2, -0.15) is 0 Å². The van der Waals surface area contributed by atoms with Crippen LogP contribution < -0.4 is 10.6 Å². The lowest BCUT2D eigenvalue weighted by Gasteiger charge is -2.19. The van der Waals surface area contributed by atoms with Crippen molar-refractivity contribution < 1.29 is 14.8 Å². The number of anilines is 1. The van der Waals surface area contributed by atoms with Crippen LogP contribution in [0.2, 0.25) is 0 Å². The van der Waals surface area contributed by atoms with Gasteiger partial charge >= 0.3 is 0 Å². The van der Waals surface area contributed by atoms with Gasteiger partial charge in [0.25, 0.3) is 11.8 Å². The van der Waals surface area contributed by atoms with Gasteiger partial charge in [-0.05, 0) is 41.5 Å². The summed E-state index contributed by atoms with van der Waals surface area (Å²) in [5.74, 6) is -0.472. The summed E-state index contributed by atoms with van der Waals surface area (Å²) in [7, 11) is 1.58. The maximum absolute atomic E-state index is 12.8. The van der Waals surface area contributed by atoms with E-state index in [1.165, 1.54) is 11.3 Å². The average Bonchev–Trinajstić information content (AvgIpc) is 3.03. The molecule has 0 unspecified atom stereocenters. The summed E-state index contributed by atoms with van der Waals surface area (Å²) in [5.41, 5.74) is 3.83. The van der Waals surface area contributed by atoms with Crippen molar-refractivity contribution >= 4 is 33.9 Å². The lowest BCUT2D eigenvalue weighted by Crippen LogP contribution is -2.23. The van der Waals surface area contributed by atoms with Crippen molar-refractivity contribution in [2.45, 2.75) is 45.4 Å². The number of nitrogens with one attached hydrogen (secondary N) is 2. The monoisotopic (exact) mass is 399 g/mol. The zero-order chi connectivity index (χ0) is 20.5. The second kappa shape index (κ2) is 7.75. The van der Waals surface area contributed by atoms with Crippen LogP contribution in [0.3, 0.4) is 0 Å². The number of benzene rings is 1. The Kier molecular flexibility index (Phi) is 5.56. The van der Waals surface area contributed by atoms with Crippen molar-refractivity contribution in [3.8, 4) is 0 Å². The van der Waals surface area contributed by atoms with Crippen LogP contribution in [0, 0.1) is 0 Å². The molecule has 1 aromatic carbocycles. The SMILES string of the molecule is CNC(=O)c1c(NC(=O)c2ccc(C(C)(C)C)cc2)sc2c1CC/C(=N\O)C2. The third kappa shape index (κ3) is 3.94. The molecule has 2 amide bonds. The minimum Gasteiger partial charge on any atom is -0.411 e. The summed E-state index contributed by atoms with van der Waals surface area (Å²) >= 11 is 1.37. The van der Waals surface area contributed by atoms with Gasteiger partial charge in [-0.25, -0.2) is 0 Å². The van der Waals surface area contributed by atoms with Crippen LogP contribution in [0.4, 0.5) is 5.00 Å². The normalized spacial score (nSPS) is 15.2. The van der Waals surface area contributed by atoms with Gasteiger partial charge in [0.15, 0.2) is 0 Å². The van der Waals surface area contributed by atoms with Gasteiger partial charge in [-0.15, -0.1) is 11.3 Å². The molecule has 3 rings (SSSR count). The standard InChI is InChI=1S/C21H25N3O3S/c1-21(2,3)13-7-5-12(6-8-13)18(25)23-20-17(19(26)22-4)15-10-9-14(24-27)11-16(15)28-20/h5-8,27H,9-11H2,1-4H3,(H,22,26)(H,23,25)/b24-14+. The third-order valence-electron chi connectivity index (χ3n) is 4.95. The Labute approximate surface area is 168 Å². The van der Waals surface area contributed by atoms with Crippen LogP contribution in [0.1, 0.15) is 63.9 Å². The fourth-order valence-electron chi connectivity index (χ4n) is 3.30. The molecule has 1 aliphatic rings. The zero-order valence-electron chi connectivity index (χ0n) is 16.5.